The number of nitrogens with two attached hydrogens (primary N) is 1. The molecule has 84 valence electrons. The molecule has 0 heterocycles. The van der Waals surface area contributed by atoms with Crippen molar-refractivity contribution in [2.24, 2.45) is 5.73 Å². The number of hydrogen-bond acceptors (Lipinski definition) is 2. The van der Waals surface area contributed by atoms with E-state index in [0.717, 1.165) is 24.0 Å². The molecule has 0 saturated carbocycles. The summed E-state index contributed by atoms with van der Waals surface area (Å²) in [6.45, 7) is 2.60. The van der Waals surface area contributed by atoms with Crippen molar-refractivity contribution in [2.45, 2.75) is 25.8 Å². The highest BCUT2D eigenvalue weighted by Gasteiger charge is 2.08. The third kappa shape index (κ3) is 3.61. The summed E-state index contributed by atoms with van der Waals surface area (Å²) in [5.74, 6) is -0.208. The molecule has 15 heavy (non-hydrogen) atoms. The van der Waals surface area contributed by atoms with Gasteiger partial charge in [-0.15, -0.1) is 0 Å². The summed E-state index contributed by atoms with van der Waals surface area (Å²) in [7, 11) is 1.68. The van der Waals surface area contributed by atoms with E-state index in [1.54, 1.807) is 13.2 Å². The van der Waals surface area contributed by atoms with Crippen molar-refractivity contribution in [3.05, 3.63) is 35.1 Å². The van der Waals surface area contributed by atoms with Crippen LogP contribution in [0.15, 0.2) is 18.2 Å². The average molecular weight is 211 g/mol. The Balaban J connectivity index is 2.61. The van der Waals surface area contributed by atoms with Gasteiger partial charge in [0, 0.05) is 19.8 Å². The Morgan fingerprint density at radius 3 is 2.80 bits per heavy atom. The lowest BCUT2D eigenvalue weighted by Crippen LogP contribution is -2.12. The Morgan fingerprint density at radius 2 is 2.20 bits per heavy atom. The summed E-state index contributed by atoms with van der Waals surface area (Å²) in [4.78, 5) is 0. The van der Waals surface area contributed by atoms with Gasteiger partial charge in [0.1, 0.15) is 5.82 Å². The Labute approximate surface area is 90.2 Å². The van der Waals surface area contributed by atoms with Crippen molar-refractivity contribution in [3.8, 4) is 0 Å². The van der Waals surface area contributed by atoms with Crippen molar-refractivity contribution in [2.75, 3.05) is 13.7 Å². The van der Waals surface area contributed by atoms with Crippen LogP contribution in [-0.2, 0) is 4.74 Å². The molecule has 0 aromatic heterocycles. The van der Waals surface area contributed by atoms with Crippen LogP contribution in [-0.4, -0.2) is 13.7 Å². The fraction of sp³-hybridized carbons (Fsp3) is 0.500. The van der Waals surface area contributed by atoms with Gasteiger partial charge < -0.3 is 10.5 Å². The molecule has 0 fully saturated rings. The maximum atomic E-state index is 12.9. The summed E-state index contributed by atoms with van der Waals surface area (Å²) >= 11 is 0. The molecule has 1 unspecified atom stereocenters. The predicted molar refractivity (Wildman–Crippen MR) is 59.2 cm³/mol. The molecule has 0 saturated heterocycles. The van der Waals surface area contributed by atoms with E-state index in [1.807, 2.05) is 6.92 Å². The highest BCUT2D eigenvalue weighted by Crippen LogP contribution is 2.20. The molecule has 0 spiro atoms. The Kier molecular flexibility index (Phi) is 4.72. The predicted octanol–water partition coefficient (Wildman–Crippen LogP) is 2.56. The normalized spacial score (nSPS) is 12.8. The van der Waals surface area contributed by atoms with Crippen molar-refractivity contribution < 1.29 is 9.13 Å². The van der Waals surface area contributed by atoms with E-state index in [9.17, 15) is 4.39 Å². The molecular weight excluding hydrogens is 193 g/mol. The molecular formula is C12H18FNO. The second-order valence-electron chi connectivity index (χ2n) is 3.74. The van der Waals surface area contributed by atoms with Gasteiger partial charge in [-0.3, -0.25) is 0 Å². The SMILES string of the molecule is COCCCC(N)c1ccc(F)cc1C. The fourth-order valence-electron chi connectivity index (χ4n) is 1.66. The minimum absolute atomic E-state index is 0.0271. The largest absolute Gasteiger partial charge is 0.385 e. The van der Waals surface area contributed by atoms with Crippen molar-refractivity contribution in [3.63, 3.8) is 0 Å². The minimum atomic E-state index is -0.208. The summed E-state index contributed by atoms with van der Waals surface area (Å²) < 4.78 is 17.8. The van der Waals surface area contributed by atoms with Crippen LogP contribution < -0.4 is 5.73 Å². The van der Waals surface area contributed by atoms with E-state index >= 15 is 0 Å². The number of benzene rings is 1. The van der Waals surface area contributed by atoms with E-state index in [1.165, 1.54) is 12.1 Å². The van der Waals surface area contributed by atoms with Crippen LogP contribution in [0.5, 0.6) is 0 Å². The lowest BCUT2D eigenvalue weighted by molar-refractivity contribution is 0.190. The number of rotatable bonds is 5. The van der Waals surface area contributed by atoms with Gasteiger partial charge in [-0.05, 0) is 43.0 Å². The van der Waals surface area contributed by atoms with Crippen LogP contribution in [0.4, 0.5) is 4.39 Å². The summed E-state index contributed by atoms with van der Waals surface area (Å²) in [5.41, 5.74) is 7.95. The molecule has 0 aliphatic heterocycles. The Morgan fingerprint density at radius 1 is 1.47 bits per heavy atom. The monoisotopic (exact) mass is 211 g/mol. The third-order valence-corrected chi connectivity index (χ3v) is 2.49. The number of hydrogen-bond donors (Lipinski definition) is 1. The first kappa shape index (κ1) is 12.1. The zero-order chi connectivity index (χ0) is 11.3. The van der Waals surface area contributed by atoms with E-state index in [4.69, 9.17) is 10.5 Å². The molecule has 1 aromatic rings. The topological polar surface area (TPSA) is 35.2 Å². The van der Waals surface area contributed by atoms with Crippen LogP contribution in [0.1, 0.15) is 30.0 Å². The van der Waals surface area contributed by atoms with Gasteiger partial charge in [-0.2, -0.15) is 0 Å². The smallest absolute Gasteiger partial charge is 0.123 e. The number of halogens is 1. The molecule has 3 heteroatoms. The Hall–Kier alpha value is -0.930. The molecule has 1 aromatic carbocycles. The number of aryl methyl sites for hydroxylation is 1. The van der Waals surface area contributed by atoms with Crippen molar-refractivity contribution >= 4 is 0 Å². The second kappa shape index (κ2) is 5.83. The Bertz CT molecular complexity index is 314. The molecule has 2 nitrogen and oxygen atoms in total. The van der Waals surface area contributed by atoms with Gasteiger partial charge in [0.25, 0.3) is 0 Å². The number of methoxy groups -OCH3 is 1. The summed E-state index contributed by atoms with van der Waals surface area (Å²) in [6, 6.07) is 4.72. The first-order valence-corrected chi connectivity index (χ1v) is 5.15. The maximum absolute atomic E-state index is 12.9. The van der Waals surface area contributed by atoms with Gasteiger partial charge in [0.2, 0.25) is 0 Å². The van der Waals surface area contributed by atoms with E-state index in [-0.39, 0.29) is 11.9 Å². The first-order chi connectivity index (χ1) is 7.15. The van der Waals surface area contributed by atoms with Crippen LogP contribution >= 0.6 is 0 Å². The molecule has 0 amide bonds. The van der Waals surface area contributed by atoms with E-state index in [2.05, 4.69) is 0 Å². The average Bonchev–Trinajstić information content (AvgIpc) is 2.17. The molecule has 0 radical (unpaired) electrons. The van der Waals surface area contributed by atoms with Gasteiger partial charge in [0.05, 0.1) is 0 Å². The van der Waals surface area contributed by atoms with Gasteiger partial charge >= 0.3 is 0 Å². The van der Waals surface area contributed by atoms with E-state index < -0.39 is 0 Å². The molecule has 0 bridgehead atoms. The third-order valence-electron chi connectivity index (χ3n) is 2.49. The van der Waals surface area contributed by atoms with E-state index in [0.29, 0.717) is 6.61 Å². The zero-order valence-electron chi connectivity index (χ0n) is 9.29. The molecule has 0 aliphatic carbocycles. The fourth-order valence-corrected chi connectivity index (χ4v) is 1.66. The van der Waals surface area contributed by atoms with Crippen molar-refractivity contribution in [1.82, 2.24) is 0 Å². The molecule has 2 N–H and O–H groups in total. The highest BCUT2D eigenvalue weighted by atomic mass is 19.1. The molecule has 0 aliphatic rings. The van der Waals surface area contributed by atoms with Gasteiger partial charge in [0.15, 0.2) is 0 Å². The van der Waals surface area contributed by atoms with Gasteiger partial charge in [-0.25, -0.2) is 4.39 Å². The van der Waals surface area contributed by atoms with Crippen LogP contribution in [0.2, 0.25) is 0 Å². The molecule has 1 atom stereocenters. The highest BCUT2D eigenvalue weighted by molar-refractivity contribution is 5.29. The van der Waals surface area contributed by atoms with Gasteiger partial charge in [-0.1, -0.05) is 6.07 Å². The maximum Gasteiger partial charge on any atom is 0.123 e. The standard InChI is InChI=1S/C12H18FNO/c1-9-8-10(13)5-6-11(9)12(14)4-3-7-15-2/h5-6,8,12H,3-4,7,14H2,1-2H3. The quantitative estimate of drug-likeness (QED) is 0.760. The lowest BCUT2D eigenvalue weighted by atomic mass is 9.98. The van der Waals surface area contributed by atoms with Crippen molar-refractivity contribution in [1.29, 1.82) is 0 Å². The summed E-state index contributed by atoms with van der Waals surface area (Å²) in [5, 5.41) is 0. The molecule has 1 rings (SSSR count). The van der Waals surface area contributed by atoms with Crippen LogP contribution in [0.25, 0.3) is 0 Å². The number of ether oxygens (including phenoxy) is 1. The van der Waals surface area contributed by atoms with Crippen LogP contribution in [0, 0.1) is 12.7 Å². The summed E-state index contributed by atoms with van der Waals surface area (Å²) in [6.07, 6.45) is 1.79. The lowest BCUT2D eigenvalue weighted by Gasteiger charge is -2.14. The minimum Gasteiger partial charge on any atom is -0.385 e. The van der Waals surface area contributed by atoms with Crippen LogP contribution in [0.3, 0.4) is 0 Å². The first-order valence-electron chi connectivity index (χ1n) is 5.15. The zero-order valence-corrected chi connectivity index (χ0v) is 9.29. The second-order valence-corrected chi connectivity index (χ2v) is 3.74.